The molecular formula is C21H21ClN4OS. The summed E-state index contributed by atoms with van der Waals surface area (Å²) >= 11 is 7.32. The van der Waals surface area contributed by atoms with E-state index in [-0.39, 0.29) is 17.7 Å². The van der Waals surface area contributed by atoms with E-state index < -0.39 is 0 Å². The van der Waals surface area contributed by atoms with Crippen molar-refractivity contribution in [2.24, 2.45) is 0 Å². The third kappa shape index (κ3) is 5.03. The molecule has 0 saturated carbocycles. The van der Waals surface area contributed by atoms with Crippen molar-refractivity contribution < 1.29 is 4.79 Å². The van der Waals surface area contributed by atoms with Crippen molar-refractivity contribution in [3.63, 3.8) is 0 Å². The van der Waals surface area contributed by atoms with Gasteiger partial charge in [0.05, 0.1) is 11.8 Å². The first-order valence-corrected chi connectivity index (χ1v) is 10.2. The van der Waals surface area contributed by atoms with Gasteiger partial charge in [-0.25, -0.2) is 0 Å². The fourth-order valence-electron chi connectivity index (χ4n) is 2.74. The zero-order valence-electron chi connectivity index (χ0n) is 15.5. The van der Waals surface area contributed by atoms with E-state index in [1.165, 1.54) is 11.8 Å². The Morgan fingerprint density at radius 1 is 1.21 bits per heavy atom. The molecule has 0 aliphatic heterocycles. The maximum Gasteiger partial charge on any atom is 0.230 e. The van der Waals surface area contributed by atoms with Crippen LogP contribution in [0, 0.1) is 0 Å². The van der Waals surface area contributed by atoms with Crippen molar-refractivity contribution in [2.75, 3.05) is 5.75 Å². The smallest absolute Gasteiger partial charge is 0.230 e. The van der Waals surface area contributed by atoms with Crippen molar-refractivity contribution in [3.05, 3.63) is 77.8 Å². The lowest BCUT2D eigenvalue weighted by molar-refractivity contribution is -0.119. The van der Waals surface area contributed by atoms with Crippen molar-refractivity contribution in [3.8, 4) is 11.4 Å². The molecule has 1 heterocycles. The van der Waals surface area contributed by atoms with E-state index in [1.807, 2.05) is 66.1 Å². The summed E-state index contributed by atoms with van der Waals surface area (Å²) in [5.41, 5.74) is 1.98. The minimum atomic E-state index is -0.0532. The first-order valence-electron chi connectivity index (χ1n) is 8.85. The van der Waals surface area contributed by atoms with Crippen LogP contribution < -0.4 is 5.32 Å². The molecule has 0 aliphatic carbocycles. The van der Waals surface area contributed by atoms with Gasteiger partial charge in [-0.15, -0.1) is 16.8 Å². The lowest BCUT2D eigenvalue weighted by Gasteiger charge is -2.14. The largest absolute Gasteiger partial charge is 0.349 e. The Bertz CT molecular complexity index is 941. The van der Waals surface area contributed by atoms with E-state index in [4.69, 9.17) is 11.6 Å². The van der Waals surface area contributed by atoms with Crippen molar-refractivity contribution >= 4 is 29.3 Å². The van der Waals surface area contributed by atoms with Crippen LogP contribution >= 0.6 is 23.4 Å². The number of hydrogen-bond acceptors (Lipinski definition) is 4. The molecule has 1 atom stereocenters. The van der Waals surface area contributed by atoms with Gasteiger partial charge in [-0.1, -0.05) is 59.8 Å². The predicted octanol–water partition coefficient (Wildman–Crippen LogP) is 4.75. The van der Waals surface area contributed by atoms with Gasteiger partial charge in [-0.2, -0.15) is 0 Å². The van der Waals surface area contributed by atoms with Gasteiger partial charge in [0.15, 0.2) is 11.0 Å². The van der Waals surface area contributed by atoms with Crippen LogP contribution in [0.5, 0.6) is 0 Å². The van der Waals surface area contributed by atoms with Crippen LogP contribution in [0.15, 0.2) is 72.4 Å². The Morgan fingerprint density at radius 2 is 1.93 bits per heavy atom. The molecule has 1 N–H and O–H groups in total. The summed E-state index contributed by atoms with van der Waals surface area (Å²) in [4.78, 5) is 12.4. The van der Waals surface area contributed by atoms with Crippen molar-refractivity contribution in [1.29, 1.82) is 0 Å². The van der Waals surface area contributed by atoms with Gasteiger partial charge in [0.25, 0.3) is 0 Å². The summed E-state index contributed by atoms with van der Waals surface area (Å²) in [6.45, 7) is 6.33. The van der Waals surface area contributed by atoms with Gasteiger partial charge >= 0.3 is 0 Å². The maximum atomic E-state index is 12.4. The van der Waals surface area contributed by atoms with Gasteiger partial charge in [-0.05, 0) is 36.8 Å². The van der Waals surface area contributed by atoms with Crippen LogP contribution in [0.25, 0.3) is 11.4 Å². The zero-order valence-corrected chi connectivity index (χ0v) is 17.1. The summed E-state index contributed by atoms with van der Waals surface area (Å²) in [5, 5.41) is 12.9. The highest BCUT2D eigenvalue weighted by Crippen LogP contribution is 2.25. The molecule has 0 aliphatic rings. The summed E-state index contributed by atoms with van der Waals surface area (Å²) in [5.74, 6) is 0.923. The van der Waals surface area contributed by atoms with Crippen LogP contribution in [0.2, 0.25) is 5.02 Å². The summed E-state index contributed by atoms with van der Waals surface area (Å²) in [7, 11) is 0. The fraction of sp³-hybridized carbons (Fsp3) is 0.190. The number of carbonyl (C=O) groups excluding carboxylic acids is 1. The van der Waals surface area contributed by atoms with Crippen molar-refractivity contribution in [2.45, 2.75) is 24.7 Å². The number of benzene rings is 2. The van der Waals surface area contributed by atoms with Gasteiger partial charge in [0.1, 0.15) is 0 Å². The molecule has 0 spiro atoms. The number of allylic oxidation sites excluding steroid dienone is 1. The SMILES string of the molecule is C=CCn1c(SCC(=O)N[C@H](C)c2ccccc2)nnc1-c1ccc(Cl)cc1. The molecule has 0 unspecified atom stereocenters. The third-order valence-corrected chi connectivity index (χ3v) is 5.36. The van der Waals surface area contributed by atoms with Crippen LogP contribution in [-0.4, -0.2) is 26.4 Å². The Morgan fingerprint density at radius 3 is 2.61 bits per heavy atom. The number of nitrogens with zero attached hydrogens (tertiary/aromatic N) is 3. The van der Waals surface area contributed by atoms with Crippen LogP contribution in [0.1, 0.15) is 18.5 Å². The average molecular weight is 413 g/mol. The highest BCUT2D eigenvalue weighted by molar-refractivity contribution is 7.99. The van der Waals surface area contributed by atoms with E-state index in [0.717, 1.165) is 17.0 Å². The highest BCUT2D eigenvalue weighted by Gasteiger charge is 2.16. The second-order valence-electron chi connectivity index (χ2n) is 6.20. The number of amides is 1. The van der Waals surface area contributed by atoms with Crippen LogP contribution in [0.3, 0.4) is 0 Å². The lowest BCUT2D eigenvalue weighted by Crippen LogP contribution is -2.28. The second kappa shape index (κ2) is 9.57. The number of thioether (sulfide) groups is 1. The molecular weight excluding hydrogens is 392 g/mol. The first-order chi connectivity index (χ1) is 13.6. The van der Waals surface area contributed by atoms with Gasteiger partial charge < -0.3 is 5.32 Å². The molecule has 7 heteroatoms. The minimum absolute atomic E-state index is 0.0510. The molecule has 0 bridgehead atoms. The second-order valence-corrected chi connectivity index (χ2v) is 7.58. The van der Waals surface area contributed by atoms with E-state index in [1.54, 1.807) is 6.08 Å². The quantitative estimate of drug-likeness (QED) is 0.428. The molecule has 3 rings (SSSR count). The number of carbonyl (C=O) groups is 1. The Labute approximate surface area is 173 Å². The molecule has 0 fully saturated rings. The molecule has 3 aromatic rings. The van der Waals surface area contributed by atoms with E-state index in [0.29, 0.717) is 16.7 Å². The van der Waals surface area contributed by atoms with E-state index in [2.05, 4.69) is 22.1 Å². The topological polar surface area (TPSA) is 59.8 Å². The zero-order chi connectivity index (χ0) is 19.9. The maximum absolute atomic E-state index is 12.4. The van der Waals surface area contributed by atoms with E-state index in [9.17, 15) is 4.79 Å². The number of nitrogens with one attached hydrogen (secondary N) is 1. The third-order valence-electron chi connectivity index (χ3n) is 4.14. The Kier molecular flexibility index (Phi) is 6.90. The number of halogens is 1. The first kappa shape index (κ1) is 20.2. The Hall–Kier alpha value is -2.57. The minimum Gasteiger partial charge on any atom is -0.349 e. The molecule has 0 radical (unpaired) electrons. The highest BCUT2D eigenvalue weighted by atomic mass is 35.5. The molecule has 5 nitrogen and oxygen atoms in total. The van der Waals surface area contributed by atoms with Gasteiger partial charge in [0, 0.05) is 17.1 Å². The average Bonchev–Trinajstić information content (AvgIpc) is 3.10. The molecule has 144 valence electrons. The fourth-order valence-corrected chi connectivity index (χ4v) is 3.62. The van der Waals surface area contributed by atoms with Crippen LogP contribution in [-0.2, 0) is 11.3 Å². The Balaban J connectivity index is 1.67. The monoisotopic (exact) mass is 412 g/mol. The normalized spacial score (nSPS) is 11.8. The number of hydrogen-bond donors (Lipinski definition) is 1. The standard InChI is InChI=1S/C21H21ClN4OS/c1-3-13-26-20(17-9-11-18(22)12-10-17)24-25-21(26)28-14-19(27)23-15(2)16-7-5-4-6-8-16/h3-12,15H,1,13-14H2,2H3,(H,23,27)/t15-/m1/s1. The summed E-state index contributed by atoms with van der Waals surface area (Å²) in [6.07, 6.45) is 1.78. The molecule has 0 saturated heterocycles. The number of aromatic nitrogens is 3. The molecule has 1 aromatic heterocycles. The molecule has 2 aromatic carbocycles. The van der Waals surface area contributed by atoms with Crippen molar-refractivity contribution in [1.82, 2.24) is 20.1 Å². The van der Waals surface area contributed by atoms with Gasteiger partial charge in [-0.3, -0.25) is 9.36 Å². The van der Waals surface area contributed by atoms with Gasteiger partial charge in [0.2, 0.25) is 5.91 Å². The lowest BCUT2D eigenvalue weighted by atomic mass is 10.1. The molecule has 1 amide bonds. The predicted molar refractivity (Wildman–Crippen MR) is 114 cm³/mol. The van der Waals surface area contributed by atoms with Crippen LogP contribution in [0.4, 0.5) is 0 Å². The van der Waals surface area contributed by atoms with E-state index >= 15 is 0 Å². The number of rotatable bonds is 8. The molecule has 28 heavy (non-hydrogen) atoms. The summed E-state index contributed by atoms with van der Waals surface area (Å²) in [6, 6.07) is 17.2. The summed E-state index contributed by atoms with van der Waals surface area (Å²) < 4.78 is 1.94.